The second-order valence-electron chi connectivity index (χ2n) is 5.28. The fourth-order valence-electron chi connectivity index (χ4n) is 2.18. The minimum atomic E-state index is -4.16. The number of alkyl halides is 3. The summed E-state index contributed by atoms with van der Waals surface area (Å²) < 4.78 is 38.8. The molecule has 1 aromatic carbocycles. The first-order valence-electron chi connectivity index (χ1n) is 6.46. The average Bonchev–Trinajstić information content (AvgIpc) is 2.37. The molecule has 0 aliphatic carbocycles. The highest BCUT2D eigenvalue weighted by atomic mass is 35.5. The number of benzene rings is 1. The number of hydrogen-bond donors (Lipinski definition) is 1. The van der Waals surface area contributed by atoms with Crippen molar-refractivity contribution in [3.63, 3.8) is 0 Å². The SMILES string of the molecule is C=S1(=C)c2cc(C)c(Cl)cc2NC(CSCC(F)(F)F)N1C. The van der Waals surface area contributed by atoms with Gasteiger partial charge in [-0.2, -0.15) is 13.2 Å². The molecular weight excluding hydrogens is 353 g/mol. The van der Waals surface area contributed by atoms with Crippen molar-refractivity contribution in [3.05, 3.63) is 22.7 Å². The van der Waals surface area contributed by atoms with Crippen molar-refractivity contribution in [3.8, 4) is 0 Å². The van der Waals surface area contributed by atoms with Crippen LogP contribution in [0.3, 0.4) is 0 Å². The summed E-state index contributed by atoms with van der Waals surface area (Å²) in [6.07, 6.45) is -4.42. The molecule has 2 nitrogen and oxygen atoms in total. The molecule has 0 amide bonds. The minimum absolute atomic E-state index is 0.261. The zero-order chi connectivity index (χ0) is 16.7. The third-order valence-corrected chi connectivity index (χ3v) is 7.53. The van der Waals surface area contributed by atoms with Gasteiger partial charge in [0.05, 0.1) is 17.6 Å². The standard InChI is InChI=1S/C14H18ClF3N2S2/c1-9-5-12-11(6-10(9)15)19-13(20(2)22(12,3)4)7-21-8-14(16,17)18/h5-6,13,19H,3-4,7-8H2,1-2H3. The van der Waals surface area contributed by atoms with E-state index in [9.17, 15) is 13.2 Å². The summed E-state index contributed by atoms with van der Waals surface area (Å²) in [5, 5.41) is 3.87. The molecule has 1 aromatic rings. The fraction of sp³-hybridized carbons (Fsp3) is 0.429. The van der Waals surface area contributed by atoms with E-state index in [2.05, 4.69) is 17.1 Å². The Balaban J connectivity index is 2.25. The second kappa shape index (κ2) is 6.19. The molecule has 0 fully saturated rings. The molecule has 0 saturated carbocycles. The third-order valence-electron chi connectivity index (χ3n) is 3.52. The van der Waals surface area contributed by atoms with Crippen molar-refractivity contribution in [2.45, 2.75) is 24.2 Å². The van der Waals surface area contributed by atoms with E-state index >= 15 is 0 Å². The van der Waals surface area contributed by atoms with E-state index in [-0.39, 0.29) is 6.17 Å². The van der Waals surface area contributed by atoms with Gasteiger partial charge >= 0.3 is 6.18 Å². The molecule has 1 aliphatic heterocycles. The topological polar surface area (TPSA) is 15.3 Å². The quantitative estimate of drug-likeness (QED) is 0.784. The maximum absolute atomic E-state index is 12.3. The molecule has 0 bridgehead atoms. The van der Waals surface area contributed by atoms with E-state index in [4.69, 9.17) is 11.6 Å². The lowest BCUT2D eigenvalue weighted by molar-refractivity contribution is -0.105. The Morgan fingerprint density at radius 2 is 2.05 bits per heavy atom. The van der Waals surface area contributed by atoms with Crippen molar-refractivity contribution in [2.24, 2.45) is 0 Å². The smallest absolute Gasteiger partial charge is 0.367 e. The van der Waals surface area contributed by atoms with Gasteiger partial charge in [-0.15, -0.1) is 21.2 Å². The number of thioether (sulfide) groups is 1. The molecule has 22 heavy (non-hydrogen) atoms. The first-order valence-corrected chi connectivity index (χ1v) is 9.92. The molecule has 2 rings (SSSR count). The summed E-state index contributed by atoms with van der Waals surface area (Å²) in [5.74, 6) is 7.85. The predicted molar refractivity (Wildman–Crippen MR) is 94.8 cm³/mol. The van der Waals surface area contributed by atoms with E-state index in [0.29, 0.717) is 10.8 Å². The molecule has 1 unspecified atom stereocenters. The number of nitrogens with one attached hydrogen (secondary N) is 1. The number of halogens is 4. The van der Waals surface area contributed by atoms with E-state index < -0.39 is 21.3 Å². The summed E-state index contributed by atoms with van der Waals surface area (Å²) >= 11 is 7.00. The lowest BCUT2D eigenvalue weighted by atomic mass is 10.2. The monoisotopic (exact) mass is 370 g/mol. The molecular formula is C14H18ClF3N2S2. The molecule has 0 saturated heterocycles. The van der Waals surface area contributed by atoms with Crippen LogP contribution in [-0.2, 0) is 0 Å². The largest absolute Gasteiger partial charge is 0.397 e. The van der Waals surface area contributed by atoms with Crippen molar-refractivity contribution in [2.75, 3.05) is 23.9 Å². The normalized spacial score (nSPS) is 21.3. The van der Waals surface area contributed by atoms with Crippen LogP contribution in [0.5, 0.6) is 0 Å². The van der Waals surface area contributed by atoms with Gasteiger partial charge in [0.25, 0.3) is 0 Å². The molecule has 0 radical (unpaired) electrons. The Morgan fingerprint density at radius 1 is 1.41 bits per heavy atom. The first-order chi connectivity index (χ1) is 10.0. The van der Waals surface area contributed by atoms with Crippen LogP contribution in [0.1, 0.15) is 5.56 Å². The van der Waals surface area contributed by atoms with Crippen molar-refractivity contribution in [1.82, 2.24) is 4.31 Å². The van der Waals surface area contributed by atoms with Crippen LogP contribution >= 0.6 is 32.8 Å². The van der Waals surface area contributed by atoms with E-state index in [1.165, 1.54) is 0 Å². The van der Waals surface area contributed by atoms with Crippen LogP contribution in [0.25, 0.3) is 0 Å². The number of aryl methyl sites for hydroxylation is 1. The highest BCUT2D eigenvalue weighted by Crippen LogP contribution is 2.47. The van der Waals surface area contributed by atoms with Gasteiger partial charge in [0.1, 0.15) is 0 Å². The van der Waals surface area contributed by atoms with Gasteiger partial charge in [0.2, 0.25) is 0 Å². The molecule has 1 aliphatic rings. The molecule has 124 valence electrons. The zero-order valence-electron chi connectivity index (χ0n) is 12.3. The van der Waals surface area contributed by atoms with Gasteiger partial charge in [0, 0.05) is 15.7 Å². The summed E-state index contributed by atoms with van der Waals surface area (Å²) in [5.41, 5.74) is 1.75. The Morgan fingerprint density at radius 3 is 2.64 bits per heavy atom. The van der Waals surface area contributed by atoms with Crippen LogP contribution in [0, 0.1) is 6.92 Å². The van der Waals surface area contributed by atoms with Crippen molar-refractivity contribution in [1.29, 1.82) is 0 Å². The molecule has 1 N–H and O–H groups in total. The summed E-state index contributed by atoms with van der Waals surface area (Å²) in [6, 6.07) is 3.76. The molecule has 0 aromatic heterocycles. The Hall–Kier alpha value is -0.500. The number of fused-ring (bicyclic) bond motifs is 1. The Labute approximate surface area is 138 Å². The zero-order valence-corrected chi connectivity index (χ0v) is 14.7. The predicted octanol–water partition coefficient (Wildman–Crippen LogP) is 4.57. The maximum atomic E-state index is 12.3. The first kappa shape index (κ1) is 17.8. The van der Waals surface area contributed by atoms with Gasteiger partial charge in [0.15, 0.2) is 0 Å². The Bertz CT molecular complexity index is 671. The van der Waals surface area contributed by atoms with Crippen LogP contribution in [-0.4, -0.2) is 46.9 Å². The summed E-state index contributed by atoms with van der Waals surface area (Å²) in [7, 11) is 0.0838. The molecule has 1 heterocycles. The third kappa shape index (κ3) is 3.69. The van der Waals surface area contributed by atoms with Crippen LogP contribution in [0.15, 0.2) is 17.0 Å². The second-order valence-corrected chi connectivity index (χ2v) is 9.41. The lowest BCUT2D eigenvalue weighted by Crippen LogP contribution is -2.41. The van der Waals surface area contributed by atoms with Gasteiger partial charge < -0.3 is 5.32 Å². The fourth-order valence-corrected chi connectivity index (χ4v) is 5.17. The lowest BCUT2D eigenvalue weighted by Gasteiger charge is -2.41. The number of rotatable bonds is 3. The van der Waals surface area contributed by atoms with Gasteiger partial charge in [-0.05, 0) is 31.7 Å². The van der Waals surface area contributed by atoms with Gasteiger partial charge in [-0.1, -0.05) is 23.3 Å². The minimum Gasteiger partial charge on any atom is -0.367 e. The van der Waals surface area contributed by atoms with E-state index in [0.717, 1.165) is 27.9 Å². The van der Waals surface area contributed by atoms with Gasteiger partial charge in [-0.3, -0.25) is 0 Å². The van der Waals surface area contributed by atoms with Gasteiger partial charge in [-0.25, -0.2) is 4.31 Å². The molecule has 0 spiro atoms. The Kier molecular flexibility index (Phi) is 5.02. The molecule has 1 atom stereocenters. The van der Waals surface area contributed by atoms with Crippen molar-refractivity contribution < 1.29 is 13.2 Å². The summed E-state index contributed by atoms with van der Waals surface area (Å²) in [6.45, 7) is 1.91. The summed E-state index contributed by atoms with van der Waals surface area (Å²) in [4.78, 5) is 0.967. The van der Waals surface area contributed by atoms with Crippen LogP contribution < -0.4 is 5.32 Å². The maximum Gasteiger partial charge on any atom is 0.397 e. The number of anilines is 1. The van der Waals surface area contributed by atoms with E-state index in [1.54, 1.807) is 6.07 Å². The van der Waals surface area contributed by atoms with Crippen molar-refractivity contribution >= 4 is 50.2 Å². The van der Waals surface area contributed by atoms with Crippen LogP contribution in [0.2, 0.25) is 5.02 Å². The van der Waals surface area contributed by atoms with Crippen LogP contribution in [0.4, 0.5) is 18.9 Å². The van der Waals surface area contributed by atoms with E-state index in [1.807, 2.05) is 24.3 Å². The number of nitrogens with zero attached hydrogens (tertiary/aromatic N) is 1. The number of hydrogen-bond acceptors (Lipinski definition) is 3. The highest BCUT2D eigenvalue weighted by molar-refractivity contribution is 8.26. The molecule has 8 heteroatoms. The average molecular weight is 371 g/mol. The highest BCUT2D eigenvalue weighted by Gasteiger charge is 2.31.